The van der Waals surface area contributed by atoms with Crippen molar-refractivity contribution in [1.29, 1.82) is 0 Å². The Morgan fingerprint density at radius 1 is 1.26 bits per heavy atom. The minimum absolute atomic E-state index is 0.0413. The largest absolute Gasteiger partial charge is 0.497 e. The molecule has 1 aromatic rings. The van der Waals surface area contributed by atoms with Gasteiger partial charge in [-0.15, -0.1) is 0 Å². The molecule has 2 fully saturated rings. The minimum atomic E-state index is -0.925. The van der Waals surface area contributed by atoms with E-state index in [1.807, 2.05) is 4.90 Å². The van der Waals surface area contributed by atoms with Crippen LogP contribution in [0.25, 0.3) is 0 Å². The number of piperidine rings is 1. The van der Waals surface area contributed by atoms with Crippen LogP contribution in [0, 0.1) is 17.7 Å². The number of hydrogen-bond donors (Lipinski definition) is 1. The van der Waals surface area contributed by atoms with Gasteiger partial charge in [-0.05, 0) is 24.6 Å². The van der Waals surface area contributed by atoms with Gasteiger partial charge in [-0.25, -0.2) is 4.39 Å². The molecule has 2 aliphatic heterocycles. The number of ether oxygens (including phenoxy) is 2. The van der Waals surface area contributed by atoms with Crippen molar-refractivity contribution in [3.05, 3.63) is 29.6 Å². The topological polar surface area (TPSA) is 79.3 Å². The van der Waals surface area contributed by atoms with Gasteiger partial charge in [0.15, 0.2) is 0 Å². The molecule has 1 aromatic carbocycles. The molecule has 3 rings (SSSR count). The monoisotopic (exact) mass is 380 g/mol. The van der Waals surface area contributed by atoms with E-state index in [4.69, 9.17) is 9.47 Å². The van der Waals surface area contributed by atoms with Gasteiger partial charge in [-0.1, -0.05) is 0 Å². The first-order valence-corrected chi connectivity index (χ1v) is 9.12. The van der Waals surface area contributed by atoms with Crippen LogP contribution in [-0.4, -0.2) is 73.3 Å². The second-order valence-corrected chi connectivity index (χ2v) is 7.06. The maximum atomic E-state index is 14.2. The number of carboxylic acids is 1. The van der Waals surface area contributed by atoms with Crippen molar-refractivity contribution in [3.8, 4) is 5.75 Å². The highest BCUT2D eigenvalue weighted by atomic mass is 19.1. The first kappa shape index (κ1) is 19.6. The van der Waals surface area contributed by atoms with Crippen LogP contribution >= 0.6 is 0 Å². The summed E-state index contributed by atoms with van der Waals surface area (Å²) in [7, 11) is 1.51. The van der Waals surface area contributed by atoms with Crippen LogP contribution in [0.3, 0.4) is 0 Å². The predicted molar refractivity (Wildman–Crippen MR) is 94.9 cm³/mol. The highest BCUT2D eigenvalue weighted by Gasteiger charge is 2.37. The Bertz CT molecular complexity index is 693. The van der Waals surface area contributed by atoms with Gasteiger partial charge in [0.05, 0.1) is 32.2 Å². The van der Waals surface area contributed by atoms with Crippen LogP contribution < -0.4 is 4.74 Å². The summed E-state index contributed by atoms with van der Waals surface area (Å²) in [6.45, 7) is 2.99. The van der Waals surface area contributed by atoms with E-state index in [1.54, 1.807) is 17.0 Å². The molecule has 1 amide bonds. The number of carbonyl (C=O) groups excluding carboxylic acids is 1. The fourth-order valence-corrected chi connectivity index (χ4v) is 3.76. The number of aliphatic carboxylic acids is 1. The number of nitrogens with zero attached hydrogens (tertiary/aromatic N) is 2. The molecule has 2 atom stereocenters. The molecular weight excluding hydrogens is 355 g/mol. The molecule has 0 aromatic heterocycles. The Morgan fingerprint density at radius 2 is 1.96 bits per heavy atom. The van der Waals surface area contributed by atoms with Crippen molar-refractivity contribution in [2.75, 3.05) is 46.5 Å². The molecule has 0 spiro atoms. The summed E-state index contributed by atoms with van der Waals surface area (Å²) in [6, 6.07) is 4.49. The lowest BCUT2D eigenvalue weighted by Gasteiger charge is -2.38. The van der Waals surface area contributed by atoms with Gasteiger partial charge in [0.2, 0.25) is 5.91 Å². The van der Waals surface area contributed by atoms with Crippen molar-refractivity contribution >= 4 is 11.9 Å². The second kappa shape index (κ2) is 8.67. The average molecular weight is 380 g/mol. The number of benzene rings is 1. The standard InChI is InChI=1S/C19H25FN2O5/c1-26-16-2-3-17(20)13(9-16)10-21-11-14(8-15(12-21)19(24)25)18(23)22-4-6-27-7-5-22/h2-3,9,14-15H,4-8,10-12H2,1H3,(H,24,25)/t14-,15+/m1/s1. The van der Waals surface area contributed by atoms with Crippen molar-refractivity contribution in [1.82, 2.24) is 9.80 Å². The third-order valence-electron chi connectivity index (χ3n) is 5.19. The molecule has 2 saturated heterocycles. The maximum Gasteiger partial charge on any atom is 0.307 e. The molecule has 2 heterocycles. The van der Waals surface area contributed by atoms with E-state index in [2.05, 4.69) is 0 Å². The summed E-state index contributed by atoms with van der Waals surface area (Å²) in [6.07, 6.45) is 0.308. The first-order chi connectivity index (χ1) is 13.0. The molecule has 0 aliphatic carbocycles. The molecule has 0 unspecified atom stereocenters. The van der Waals surface area contributed by atoms with Crippen LogP contribution in [0.2, 0.25) is 0 Å². The SMILES string of the molecule is COc1ccc(F)c(CN2C[C@@H](C(=O)O)C[C@@H](C(=O)N3CCOCC3)C2)c1. The van der Waals surface area contributed by atoms with E-state index in [0.29, 0.717) is 57.1 Å². The molecule has 0 bridgehead atoms. The second-order valence-electron chi connectivity index (χ2n) is 7.06. The van der Waals surface area contributed by atoms with Crippen LogP contribution in [0.5, 0.6) is 5.75 Å². The molecular formula is C19H25FN2O5. The third-order valence-corrected chi connectivity index (χ3v) is 5.19. The normalized spacial score (nSPS) is 23.9. The van der Waals surface area contributed by atoms with E-state index >= 15 is 0 Å². The zero-order valence-corrected chi connectivity index (χ0v) is 15.4. The molecule has 7 nitrogen and oxygen atoms in total. The summed E-state index contributed by atoms with van der Waals surface area (Å²) >= 11 is 0. The van der Waals surface area contributed by atoms with Gasteiger partial charge in [0.1, 0.15) is 11.6 Å². The average Bonchev–Trinajstić information content (AvgIpc) is 2.69. The van der Waals surface area contributed by atoms with Gasteiger partial charge in [0.25, 0.3) is 0 Å². The number of amides is 1. The molecule has 27 heavy (non-hydrogen) atoms. The zero-order chi connectivity index (χ0) is 19.4. The smallest absolute Gasteiger partial charge is 0.307 e. The van der Waals surface area contributed by atoms with Crippen molar-refractivity contribution in [2.45, 2.75) is 13.0 Å². The number of likely N-dealkylation sites (tertiary alicyclic amines) is 1. The molecule has 0 radical (unpaired) electrons. The lowest BCUT2D eigenvalue weighted by molar-refractivity contribution is -0.149. The number of morpholine rings is 1. The van der Waals surface area contributed by atoms with E-state index < -0.39 is 17.8 Å². The van der Waals surface area contributed by atoms with E-state index in [0.717, 1.165) is 0 Å². The summed E-state index contributed by atoms with van der Waals surface area (Å²) < 4.78 is 24.6. The van der Waals surface area contributed by atoms with Crippen molar-refractivity contribution < 1.29 is 28.6 Å². The number of hydrogen-bond acceptors (Lipinski definition) is 5. The summed E-state index contributed by atoms with van der Waals surface area (Å²) in [4.78, 5) is 28.0. The molecule has 148 valence electrons. The van der Waals surface area contributed by atoms with Gasteiger partial charge in [-0.3, -0.25) is 14.5 Å². The lowest BCUT2D eigenvalue weighted by atomic mass is 9.87. The highest BCUT2D eigenvalue weighted by molar-refractivity contribution is 5.80. The molecule has 2 aliphatic rings. The van der Waals surface area contributed by atoms with Crippen molar-refractivity contribution in [3.63, 3.8) is 0 Å². The number of methoxy groups -OCH3 is 1. The predicted octanol–water partition coefficient (Wildman–Crippen LogP) is 1.22. The Labute approximate surface area is 157 Å². The van der Waals surface area contributed by atoms with Gasteiger partial charge in [-0.2, -0.15) is 0 Å². The van der Waals surface area contributed by atoms with E-state index in [1.165, 1.54) is 13.2 Å². The van der Waals surface area contributed by atoms with Gasteiger partial charge < -0.3 is 19.5 Å². The van der Waals surface area contributed by atoms with Crippen LogP contribution in [0.1, 0.15) is 12.0 Å². The Balaban J connectivity index is 1.74. The Morgan fingerprint density at radius 3 is 2.63 bits per heavy atom. The van der Waals surface area contributed by atoms with E-state index in [-0.39, 0.29) is 18.3 Å². The van der Waals surface area contributed by atoms with Crippen molar-refractivity contribution in [2.24, 2.45) is 11.8 Å². The molecule has 0 saturated carbocycles. The van der Waals surface area contributed by atoms with Crippen LogP contribution in [0.15, 0.2) is 18.2 Å². The quantitative estimate of drug-likeness (QED) is 0.827. The Hall–Kier alpha value is -2.19. The number of halogens is 1. The first-order valence-electron chi connectivity index (χ1n) is 9.12. The lowest BCUT2D eigenvalue weighted by Crippen LogP contribution is -2.51. The van der Waals surface area contributed by atoms with Gasteiger partial charge >= 0.3 is 5.97 Å². The zero-order valence-electron chi connectivity index (χ0n) is 15.4. The van der Waals surface area contributed by atoms with Crippen LogP contribution in [-0.2, 0) is 20.9 Å². The molecule has 8 heteroatoms. The number of rotatable bonds is 5. The minimum Gasteiger partial charge on any atom is -0.497 e. The van der Waals surface area contributed by atoms with Crippen LogP contribution in [0.4, 0.5) is 4.39 Å². The fourth-order valence-electron chi connectivity index (χ4n) is 3.76. The van der Waals surface area contributed by atoms with E-state index in [9.17, 15) is 19.1 Å². The number of carboxylic acid groups (broad SMARTS) is 1. The molecule has 1 N–H and O–H groups in total. The third kappa shape index (κ3) is 4.75. The maximum absolute atomic E-state index is 14.2. The highest BCUT2D eigenvalue weighted by Crippen LogP contribution is 2.27. The summed E-state index contributed by atoms with van der Waals surface area (Å²) in [5, 5.41) is 9.50. The summed E-state index contributed by atoms with van der Waals surface area (Å²) in [5.41, 5.74) is 0.429. The van der Waals surface area contributed by atoms with Gasteiger partial charge in [0, 0.05) is 38.3 Å². The number of carbonyl (C=O) groups is 2. The Kier molecular flexibility index (Phi) is 6.28. The summed E-state index contributed by atoms with van der Waals surface area (Å²) in [5.74, 6) is -1.86. The fraction of sp³-hybridized carbons (Fsp3) is 0.579.